The van der Waals surface area contributed by atoms with E-state index < -0.39 is 0 Å². The fourth-order valence-electron chi connectivity index (χ4n) is 3.03. The zero-order chi connectivity index (χ0) is 14.5. The Balaban J connectivity index is 1.77. The summed E-state index contributed by atoms with van der Waals surface area (Å²) in [6, 6.07) is 5.79. The van der Waals surface area contributed by atoms with Gasteiger partial charge in [-0.25, -0.2) is 4.39 Å². The molecule has 3 nitrogen and oxygen atoms in total. The molecule has 0 radical (unpaired) electrons. The molecule has 0 bridgehead atoms. The zero-order valence-electron chi connectivity index (χ0n) is 12.2. The third-order valence-corrected chi connectivity index (χ3v) is 3.74. The number of rotatable bonds is 4. The number of benzene rings is 1. The topological polar surface area (TPSA) is 32.3 Å². The van der Waals surface area contributed by atoms with Crippen LogP contribution in [0, 0.1) is 17.7 Å². The van der Waals surface area contributed by atoms with E-state index in [-0.39, 0.29) is 11.7 Å². The van der Waals surface area contributed by atoms with Crippen molar-refractivity contribution in [3.8, 4) is 0 Å². The number of nitrogens with zero attached hydrogens (tertiary/aromatic N) is 1. The van der Waals surface area contributed by atoms with Gasteiger partial charge in [0.25, 0.3) is 5.91 Å². The highest BCUT2D eigenvalue weighted by Gasteiger charge is 2.21. The molecular weight excluding hydrogens is 255 g/mol. The Morgan fingerprint density at radius 2 is 2.05 bits per heavy atom. The van der Waals surface area contributed by atoms with Gasteiger partial charge in [0, 0.05) is 31.7 Å². The van der Waals surface area contributed by atoms with E-state index in [0.717, 1.165) is 31.5 Å². The van der Waals surface area contributed by atoms with Gasteiger partial charge in [0.05, 0.1) is 0 Å². The SMILES string of the molecule is CC1CC(C)CN(CCNC(=O)c2cccc(F)c2)C1. The van der Waals surface area contributed by atoms with Gasteiger partial charge in [-0.3, -0.25) is 4.79 Å². The lowest BCUT2D eigenvalue weighted by Gasteiger charge is -2.34. The molecular formula is C16H23FN2O. The maximum absolute atomic E-state index is 13.0. The molecule has 0 saturated carbocycles. The normalized spacial score (nSPS) is 23.6. The van der Waals surface area contributed by atoms with E-state index in [4.69, 9.17) is 0 Å². The van der Waals surface area contributed by atoms with Gasteiger partial charge in [-0.15, -0.1) is 0 Å². The van der Waals surface area contributed by atoms with E-state index in [2.05, 4.69) is 24.1 Å². The number of halogens is 1. The molecule has 0 aromatic heterocycles. The van der Waals surface area contributed by atoms with Crippen LogP contribution in [-0.2, 0) is 0 Å². The quantitative estimate of drug-likeness (QED) is 0.918. The van der Waals surface area contributed by atoms with Crippen molar-refractivity contribution in [2.75, 3.05) is 26.2 Å². The molecule has 4 heteroatoms. The standard InChI is InChI=1S/C16H23FN2O/c1-12-8-13(2)11-19(10-12)7-6-18-16(20)14-4-3-5-15(17)9-14/h3-5,9,12-13H,6-8,10-11H2,1-2H3,(H,18,20). The van der Waals surface area contributed by atoms with Crippen molar-refractivity contribution in [1.82, 2.24) is 10.2 Å². The van der Waals surface area contributed by atoms with Gasteiger partial charge in [-0.05, 0) is 36.5 Å². The van der Waals surface area contributed by atoms with Crippen LogP contribution in [0.3, 0.4) is 0 Å². The van der Waals surface area contributed by atoms with Crippen LogP contribution in [0.25, 0.3) is 0 Å². The van der Waals surface area contributed by atoms with Crippen molar-refractivity contribution in [3.63, 3.8) is 0 Å². The van der Waals surface area contributed by atoms with Gasteiger partial charge in [-0.2, -0.15) is 0 Å². The minimum atomic E-state index is -0.378. The summed E-state index contributed by atoms with van der Waals surface area (Å²) in [7, 11) is 0. The second-order valence-electron chi connectivity index (χ2n) is 5.97. The Morgan fingerprint density at radius 1 is 1.35 bits per heavy atom. The summed E-state index contributed by atoms with van der Waals surface area (Å²) in [5.41, 5.74) is 0.380. The van der Waals surface area contributed by atoms with Crippen LogP contribution >= 0.6 is 0 Å². The molecule has 1 aliphatic rings. The van der Waals surface area contributed by atoms with Crippen molar-refractivity contribution in [3.05, 3.63) is 35.6 Å². The molecule has 1 saturated heterocycles. The molecule has 1 heterocycles. The van der Waals surface area contributed by atoms with Crippen LogP contribution < -0.4 is 5.32 Å². The second-order valence-corrected chi connectivity index (χ2v) is 5.97. The first kappa shape index (κ1) is 15.0. The minimum absolute atomic E-state index is 0.206. The lowest BCUT2D eigenvalue weighted by atomic mass is 9.92. The molecule has 1 fully saturated rings. The highest BCUT2D eigenvalue weighted by molar-refractivity contribution is 5.94. The summed E-state index contributed by atoms with van der Waals surface area (Å²) in [5.74, 6) is 0.856. The second kappa shape index (κ2) is 6.84. The summed E-state index contributed by atoms with van der Waals surface area (Å²) in [6.07, 6.45) is 1.28. The van der Waals surface area contributed by atoms with Crippen molar-refractivity contribution >= 4 is 5.91 Å². The van der Waals surface area contributed by atoms with E-state index in [1.165, 1.54) is 18.6 Å². The molecule has 1 aliphatic heterocycles. The number of hydrogen-bond acceptors (Lipinski definition) is 2. The average molecular weight is 278 g/mol. The number of nitrogens with one attached hydrogen (secondary N) is 1. The Kier molecular flexibility index (Phi) is 5.12. The maximum atomic E-state index is 13.0. The molecule has 1 N–H and O–H groups in total. The fraction of sp³-hybridized carbons (Fsp3) is 0.562. The lowest BCUT2D eigenvalue weighted by molar-refractivity contribution is 0.0936. The summed E-state index contributed by atoms with van der Waals surface area (Å²) >= 11 is 0. The summed E-state index contributed by atoms with van der Waals surface area (Å²) in [4.78, 5) is 14.3. The number of likely N-dealkylation sites (tertiary alicyclic amines) is 1. The number of piperidine rings is 1. The highest BCUT2D eigenvalue weighted by atomic mass is 19.1. The molecule has 1 amide bonds. The Morgan fingerprint density at radius 3 is 2.70 bits per heavy atom. The summed E-state index contributed by atoms with van der Waals surface area (Å²) in [6.45, 7) is 8.20. The lowest BCUT2D eigenvalue weighted by Crippen LogP contribution is -2.42. The number of carbonyl (C=O) groups excluding carboxylic acids is 1. The molecule has 0 spiro atoms. The molecule has 110 valence electrons. The summed E-state index contributed by atoms with van der Waals surface area (Å²) < 4.78 is 13.0. The first-order chi connectivity index (χ1) is 9.54. The molecule has 0 aliphatic carbocycles. The van der Waals surface area contributed by atoms with Crippen molar-refractivity contribution in [2.24, 2.45) is 11.8 Å². The average Bonchev–Trinajstić information content (AvgIpc) is 2.37. The van der Waals surface area contributed by atoms with Gasteiger partial charge in [-0.1, -0.05) is 19.9 Å². The monoisotopic (exact) mass is 278 g/mol. The van der Waals surface area contributed by atoms with Gasteiger partial charge in [0.15, 0.2) is 0 Å². The smallest absolute Gasteiger partial charge is 0.251 e. The predicted molar refractivity (Wildman–Crippen MR) is 78.1 cm³/mol. The van der Waals surface area contributed by atoms with E-state index in [9.17, 15) is 9.18 Å². The fourth-order valence-corrected chi connectivity index (χ4v) is 3.03. The van der Waals surface area contributed by atoms with E-state index >= 15 is 0 Å². The van der Waals surface area contributed by atoms with Crippen LogP contribution in [0.2, 0.25) is 0 Å². The summed E-state index contributed by atoms with van der Waals surface area (Å²) in [5, 5.41) is 2.86. The number of carbonyl (C=O) groups is 1. The van der Waals surface area contributed by atoms with E-state index in [1.807, 2.05) is 0 Å². The van der Waals surface area contributed by atoms with Crippen molar-refractivity contribution in [1.29, 1.82) is 0 Å². The molecule has 20 heavy (non-hydrogen) atoms. The first-order valence-electron chi connectivity index (χ1n) is 7.30. The molecule has 1 aromatic carbocycles. The van der Waals surface area contributed by atoms with Gasteiger partial charge in [0.1, 0.15) is 5.82 Å². The number of hydrogen-bond donors (Lipinski definition) is 1. The van der Waals surface area contributed by atoms with E-state index in [1.54, 1.807) is 12.1 Å². The zero-order valence-corrected chi connectivity index (χ0v) is 12.2. The van der Waals surface area contributed by atoms with Crippen molar-refractivity contribution < 1.29 is 9.18 Å². The molecule has 1 aromatic rings. The van der Waals surface area contributed by atoms with Crippen LogP contribution in [0.5, 0.6) is 0 Å². The Bertz CT molecular complexity index is 454. The third kappa shape index (κ3) is 4.30. The van der Waals surface area contributed by atoms with Gasteiger partial charge >= 0.3 is 0 Å². The number of amides is 1. The molecule has 2 rings (SSSR count). The Hall–Kier alpha value is -1.42. The van der Waals surface area contributed by atoms with Crippen LogP contribution in [-0.4, -0.2) is 37.0 Å². The third-order valence-electron chi connectivity index (χ3n) is 3.74. The molecule has 2 atom stereocenters. The predicted octanol–water partition coefficient (Wildman–Crippen LogP) is 2.53. The highest BCUT2D eigenvalue weighted by Crippen LogP contribution is 2.20. The van der Waals surface area contributed by atoms with Gasteiger partial charge < -0.3 is 10.2 Å². The Labute approximate surface area is 120 Å². The van der Waals surface area contributed by atoms with Gasteiger partial charge in [0.2, 0.25) is 0 Å². The maximum Gasteiger partial charge on any atom is 0.251 e. The first-order valence-corrected chi connectivity index (χ1v) is 7.30. The van der Waals surface area contributed by atoms with E-state index in [0.29, 0.717) is 12.1 Å². The van der Waals surface area contributed by atoms with Crippen LogP contribution in [0.4, 0.5) is 4.39 Å². The van der Waals surface area contributed by atoms with Crippen molar-refractivity contribution in [2.45, 2.75) is 20.3 Å². The minimum Gasteiger partial charge on any atom is -0.351 e. The van der Waals surface area contributed by atoms with Crippen LogP contribution in [0.1, 0.15) is 30.6 Å². The largest absolute Gasteiger partial charge is 0.351 e. The molecule has 2 unspecified atom stereocenters. The van der Waals surface area contributed by atoms with Crippen LogP contribution in [0.15, 0.2) is 24.3 Å².